The van der Waals surface area contributed by atoms with Gasteiger partial charge < -0.3 is 25.8 Å². The summed E-state index contributed by atoms with van der Waals surface area (Å²) in [6.07, 6.45) is 0.738. The third-order valence-electron chi connectivity index (χ3n) is 5.02. The molecular weight excluding hydrogens is 382 g/mol. The molecule has 0 saturated heterocycles. The van der Waals surface area contributed by atoms with E-state index in [9.17, 15) is 19.8 Å². The summed E-state index contributed by atoms with van der Waals surface area (Å²) in [6.45, 7) is 4.19. The molecule has 1 amide bonds. The number of rotatable bonds is 8. The highest BCUT2D eigenvalue weighted by Gasteiger charge is 2.15. The number of anilines is 1. The van der Waals surface area contributed by atoms with E-state index >= 15 is 0 Å². The molecule has 3 aromatic rings. The summed E-state index contributed by atoms with van der Waals surface area (Å²) in [6, 6.07) is 13.7. The number of pyridine rings is 1. The fourth-order valence-corrected chi connectivity index (χ4v) is 3.27. The van der Waals surface area contributed by atoms with E-state index in [1.807, 2.05) is 38.1 Å². The second-order valence-corrected chi connectivity index (χ2v) is 7.57. The monoisotopic (exact) mass is 409 g/mol. The Morgan fingerprint density at radius 1 is 1.07 bits per heavy atom. The van der Waals surface area contributed by atoms with Crippen LogP contribution < -0.4 is 16.2 Å². The van der Waals surface area contributed by atoms with Crippen molar-refractivity contribution in [3.63, 3.8) is 0 Å². The van der Waals surface area contributed by atoms with Crippen LogP contribution in [0.25, 0.3) is 10.9 Å². The first-order chi connectivity index (χ1) is 14.4. The number of amides is 1. The number of carbonyl (C=O) groups is 1. The number of phenolic OH excluding ortho intramolecular Hbond substituents is 1. The van der Waals surface area contributed by atoms with Crippen LogP contribution in [0.5, 0.6) is 5.75 Å². The SMILES string of the molecule is CC(C)C(=O)Nc1ccc(CCNC(CO)c2ccc(O)c3[nH]c(=O)ccc23)cc1. The average Bonchev–Trinajstić information content (AvgIpc) is 2.73. The van der Waals surface area contributed by atoms with Gasteiger partial charge in [-0.05, 0) is 48.4 Å². The number of nitrogens with one attached hydrogen (secondary N) is 3. The Morgan fingerprint density at radius 2 is 1.80 bits per heavy atom. The number of fused-ring (bicyclic) bond motifs is 1. The fraction of sp³-hybridized carbons (Fsp3) is 0.304. The van der Waals surface area contributed by atoms with Gasteiger partial charge in [0.25, 0.3) is 0 Å². The number of benzene rings is 2. The van der Waals surface area contributed by atoms with E-state index < -0.39 is 0 Å². The van der Waals surface area contributed by atoms with Crippen molar-refractivity contribution >= 4 is 22.5 Å². The minimum absolute atomic E-state index is 0.00668. The maximum Gasteiger partial charge on any atom is 0.248 e. The molecule has 0 aliphatic heterocycles. The van der Waals surface area contributed by atoms with Gasteiger partial charge in [-0.25, -0.2) is 0 Å². The Bertz CT molecular complexity index is 1070. The predicted octanol–water partition coefficient (Wildman–Crippen LogP) is 2.69. The van der Waals surface area contributed by atoms with Gasteiger partial charge in [0.2, 0.25) is 11.5 Å². The summed E-state index contributed by atoms with van der Waals surface area (Å²) in [5, 5.41) is 26.8. The van der Waals surface area contributed by atoms with E-state index in [4.69, 9.17) is 0 Å². The topological polar surface area (TPSA) is 114 Å². The number of hydrogen-bond acceptors (Lipinski definition) is 5. The minimum Gasteiger partial charge on any atom is -0.506 e. The Hall–Kier alpha value is -3.16. The molecule has 2 aromatic carbocycles. The van der Waals surface area contributed by atoms with Crippen molar-refractivity contribution in [3.8, 4) is 5.75 Å². The number of aromatic hydroxyl groups is 1. The lowest BCUT2D eigenvalue weighted by Gasteiger charge is -2.19. The van der Waals surface area contributed by atoms with Gasteiger partial charge in [0, 0.05) is 23.1 Å². The molecule has 0 radical (unpaired) electrons. The molecule has 0 saturated carbocycles. The van der Waals surface area contributed by atoms with Gasteiger partial charge in [-0.3, -0.25) is 9.59 Å². The van der Waals surface area contributed by atoms with E-state index in [1.54, 1.807) is 12.1 Å². The van der Waals surface area contributed by atoms with E-state index in [0.29, 0.717) is 17.4 Å². The normalized spacial score (nSPS) is 12.3. The highest BCUT2D eigenvalue weighted by atomic mass is 16.3. The summed E-state index contributed by atoms with van der Waals surface area (Å²) in [5.41, 5.74) is 2.73. The van der Waals surface area contributed by atoms with E-state index in [0.717, 1.165) is 23.2 Å². The third-order valence-corrected chi connectivity index (χ3v) is 5.02. The lowest BCUT2D eigenvalue weighted by molar-refractivity contribution is -0.118. The van der Waals surface area contributed by atoms with Gasteiger partial charge in [0.15, 0.2) is 0 Å². The lowest BCUT2D eigenvalue weighted by atomic mass is 10.0. The van der Waals surface area contributed by atoms with Gasteiger partial charge in [0.1, 0.15) is 5.75 Å². The highest BCUT2D eigenvalue weighted by molar-refractivity contribution is 5.92. The number of aromatic nitrogens is 1. The van der Waals surface area contributed by atoms with E-state index in [1.165, 1.54) is 12.1 Å². The molecule has 0 fully saturated rings. The van der Waals surface area contributed by atoms with E-state index in [2.05, 4.69) is 15.6 Å². The average molecular weight is 409 g/mol. The molecule has 158 valence electrons. The smallest absolute Gasteiger partial charge is 0.248 e. The van der Waals surface area contributed by atoms with Gasteiger partial charge in [-0.2, -0.15) is 0 Å². The predicted molar refractivity (Wildman–Crippen MR) is 118 cm³/mol. The number of aromatic amines is 1. The first-order valence-electron chi connectivity index (χ1n) is 9.98. The van der Waals surface area contributed by atoms with Gasteiger partial charge in [-0.15, -0.1) is 0 Å². The number of carbonyl (C=O) groups excluding carboxylic acids is 1. The molecule has 0 aliphatic rings. The van der Waals surface area contributed by atoms with Crippen LogP contribution in [0, 0.1) is 5.92 Å². The zero-order valence-corrected chi connectivity index (χ0v) is 17.1. The Morgan fingerprint density at radius 3 is 2.47 bits per heavy atom. The number of phenols is 1. The molecular formula is C23H27N3O4. The van der Waals surface area contributed by atoms with Crippen LogP contribution in [-0.4, -0.2) is 34.3 Å². The van der Waals surface area contributed by atoms with Gasteiger partial charge in [0.05, 0.1) is 18.2 Å². The largest absolute Gasteiger partial charge is 0.506 e. The van der Waals surface area contributed by atoms with Crippen LogP contribution in [0.15, 0.2) is 53.3 Å². The van der Waals surface area contributed by atoms with Crippen molar-refractivity contribution in [3.05, 3.63) is 70.0 Å². The van der Waals surface area contributed by atoms with Crippen LogP contribution >= 0.6 is 0 Å². The first kappa shape index (κ1) is 21.5. The molecule has 0 bridgehead atoms. The summed E-state index contributed by atoms with van der Waals surface area (Å²) in [4.78, 5) is 26.0. The maximum atomic E-state index is 11.8. The van der Waals surface area contributed by atoms with Crippen LogP contribution in [0.2, 0.25) is 0 Å². The van der Waals surface area contributed by atoms with Gasteiger partial charge in [-0.1, -0.05) is 32.0 Å². The van der Waals surface area contributed by atoms with E-state index in [-0.39, 0.29) is 35.8 Å². The van der Waals surface area contributed by atoms with Gasteiger partial charge >= 0.3 is 0 Å². The Labute approximate surface area is 174 Å². The summed E-state index contributed by atoms with van der Waals surface area (Å²) in [7, 11) is 0. The maximum absolute atomic E-state index is 11.8. The summed E-state index contributed by atoms with van der Waals surface area (Å²) in [5.74, 6) is -0.0939. The minimum atomic E-state index is -0.344. The number of aliphatic hydroxyl groups excluding tert-OH is 1. The summed E-state index contributed by atoms with van der Waals surface area (Å²) >= 11 is 0. The van der Waals surface area contributed by atoms with Crippen molar-refractivity contribution in [2.45, 2.75) is 26.3 Å². The number of hydrogen-bond donors (Lipinski definition) is 5. The number of H-pyrrole nitrogens is 1. The second kappa shape index (κ2) is 9.56. The second-order valence-electron chi connectivity index (χ2n) is 7.57. The Balaban J connectivity index is 1.65. The number of aliphatic hydroxyl groups is 1. The van der Waals surface area contributed by atoms with Crippen LogP contribution in [-0.2, 0) is 11.2 Å². The molecule has 0 spiro atoms. The van der Waals surface area contributed by atoms with Crippen molar-refractivity contribution in [2.24, 2.45) is 5.92 Å². The Kier molecular flexibility index (Phi) is 6.87. The molecule has 1 heterocycles. The zero-order valence-electron chi connectivity index (χ0n) is 17.1. The molecule has 30 heavy (non-hydrogen) atoms. The molecule has 1 atom stereocenters. The molecule has 0 aliphatic carbocycles. The fourth-order valence-electron chi connectivity index (χ4n) is 3.27. The molecule has 5 N–H and O–H groups in total. The zero-order chi connectivity index (χ0) is 21.7. The highest BCUT2D eigenvalue weighted by Crippen LogP contribution is 2.28. The van der Waals surface area contributed by atoms with Crippen LogP contribution in [0.1, 0.15) is 31.0 Å². The first-order valence-corrected chi connectivity index (χ1v) is 9.98. The standard InChI is InChI=1S/C23H27N3O4/c1-14(2)23(30)25-16-5-3-15(4-6-16)11-12-24-19(13-27)17-7-9-20(28)22-18(17)8-10-21(29)26-22/h3-10,14,19,24,27-28H,11-13H2,1-2H3,(H,25,30)(H,26,29). The van der Waals surface area contributed by atoms with Crippen LogP contribution in [0.3, 0.4) is 0 Å². The summed E-state index contributed by atoms with van der Waals surface area (Å²) < 4.78 is 0. The van der Waals surface area contributed by atoms with Crippen molar-refractivity contribution in [1.82, 2.24) is 10.3 Å². The van der Waals surface area contributed by atoms with Crippen molar-refractivity contribution in [2.75, 3.05) is 18.5 Å². The third kappa shape index (κ3) is 5.06. The van der Waals surface area contributed by atoms with Crippen molar-refractivity contribution < 1.29 is 15.0 Å². The molecule has 7 heteroatoms. The molecule has 7 nitrogen and oxygen atoms in total. The molecule has 3 rings (SSSR count). The quantitative estimate of drug-likeness (QED) is 0.392. The molecule has 1 aromatic heterocycles. The van der Waals surface area contributed by atoms with Crippen molar-refractivity contribution in [1.29, 1.82) is 0 Å². The lowest BCUT2D eigenvalue weighted by Crippen LogP contribution is -2.27. The van der Waals surface area contributed by atoms with Crippen LogP contribution in [0.4, 0.5) is 5.69 Å². The molecule has 1 unspecified atom stereocenters.